The minimum absolute atomic E-state index is 0.118. The molecule has 4 nitrogen and oxygen atoms in total. The third-order valence-electron chi connectivity index (χ3n) is 2.47. The zero-order chi connectivity index (χ0) is 12.4. The van der Waals surface area contributed by atoms with Gasteiger partial charge in [-0.25, -0.2) is 4.98 Å². The predicted molar refractivity (Wildman–Crippen MR) is 68.3 cm³/mol. The van der Waals surface area contributed by atoms with Crippen LogP contribution in [0.4, 0.5) is 0 Å². The maximum absolute atomic E-state index is 12.0. The van der Waals surface area contributed by atoms with E-state index in [1.165, 1.54) is 6.20 Å². The summed E-state index contributed by atoms with van der Waals surface area (Å²) in [6.45, 7) is 4.74. The molecular formula is C12H14ClN3O. The Balaban J connectivity index is 2.32. The van der Waals surface area contributed by atoms with Gasteiger partial charge in [0.15, 0.2) is 5.15 Å². The number of fused-ring (bicyclic) bond motifs is 1. The van der Waals surface area contributed by atoms with Gasteiger partial charge < -0.3 is 10.3 Å². The number of amides is 1. The first-order chi connectivity index (χ1) is 8.09. The molecule has 2 aromatic rings. The SMILES string of the molecule is CC(C)CNC(=O)c1cnc(Cl)c2[nH]ccc12. The number of nitrogens with one attached hydrogen (secondary N) is 2. The lowest BCUT2D eigenvalue weighted by molar-refractivity contribution is 0.0950. The van der Waals surface area contributed by atoms with Gasteiger partial charge in [0, 0.05) is 24.3 Å². The Bertz CT molecular complexity index is 548. The van der Waals surface area contributed by atoms with E-state index in [2.05, 4.69) is 15.3 Å². The predicted octanol–water partition coefficient (Wildman–Crippen LogP) is 2.60. The van der Waals surface area contributed by atoms with Crippen molar-refractivity contribution < 1.29 is 4.79 Å². The molecule has 0 atom stereocenters. The molecule has 0 aliphatic carbocycles. The fourth-order valence-corrected chi connectivity index (χ4v) is 1.80. The highest BCUT2D eigenvalue weighted by atomic mass is 35.5. The molecule has 0 aliphatic heterocycles. The van der Waals surface area contributed by atoms with Crippen molar-refractivity contribution in [2.75, 3.05) is 6.54 Å². The minimum atomic E-state index is -0.118. The topological polar surface area (TPSA) is 57.8 Å². The van der Waals surface area contributed by atoms with Crippen molar-refractivity contribution in [2.45, 2.75) is 13.8 Å². The first kappa shape index (κ1) is 11.9. The number of nitrogens with zero attached hydrogens (tertiary/aromatic N) is 1. The number of carbonyl (C=O) groups excluding carboxylic acids is 1. The normalized spacial score (nSPS) is 11.1. The molecule has 2 aromatic heterocycles. The van der Waals surface area contributed by atoms with Crippen molar-refractivity contribution >= 4 is 28.4 Å². The number of aromatic amines is 1. The van der Waals surface area contributed by atoms with Crippen LogP contribution in [-0.4, -0.2) is 22.4 Å². The second-order valence-corrected chi connectivity index (χ2v) is 4.69. The van der Waals surface area contributed by atoms with Gasteiger partial charge >= 0.3 is 0 Å². The zero-order valence-corrected chi connectivity index (χ0v) is 10.5. The number of hydrogen-bond acceptors (Lipinski definition) is 2. The second kappa shape index (κ2) is 4.75. The Hall–Kier alpha value is -1.55. The van der Waals surface area contributed by atoms with Crippen LogP contribution in [-0.2, 0) is 0 Å². The number of rotatable bonds is 3. The summed E-state index contributed by atoms with van der Waals surface area (Å²) in [5.41, 5.74) is 1.25. The highest BCUT2D eigenvalue weighted by molar-refractivity contribution is 6.34. The fraction of sp³-hybridized carbons (Fsp3) is 0.333. The summed E-state index contributed by atoms with van der Waals surface area (Å²) < 4.78 is 0. The molecule has 2 N–H and O–H groups in total. The van der Waals surface area contributed by atoms with E-state index in [0.717, 1.165) is 5.39 Å². The van der Waals surface area contributed by atoms with E-state index in [1.807, 2.05) is 19.9 Å². The average Bonchev–Trinajstić information content (AvgIpc) is 2.76. The van der Waals surface area contributed by atoms with Crippen molar-refractivity contribution in [3.05, 3.63) is 29.2 Å². The Morgan fingerprint density at radius 1 is 1.59 bits per heavy atom. The van der Waals surface area contributed by atoms with E-state index in [4.69, 9.17) is 11.6 Å². The minimum Gasteiger partial charge on any atom is -0.359 e. The van der Waals surface area contributed by atoms with E-state index in [9.17, 15) is 4.79 Å². The smallest absolute Gasteiger partial charge is 0.253 e. The van der Waals surface area contributed by atoms with Crippen LogP contribution >= 0.6 is 11.6 Å². The average molecular weight is 252 g/mol. The van der Waals surface area contributed by atoms with Crippen LogP contribution in [0.1, 0.15) is 24.2 Å². The van der Waals surface area contributed by atoms with Crippen LogP contribution in [0.5, 0.6) is 0 Å². The Labute approximate surface area is 104 Å². The Morgan fingerprint density at radius 2 is 2.35 bits per heavy atom. The lowest BCUT2D eigenvalue weighted by Crippen LogP contribution is -2.27. The summed E-state index contributed by atoms with van der Waals surface area (Å²) in [4.78, 5) is 18.9. The third-order valence-corrected chi connectivity index (χ3v) is 2.75. The molecule has 2 rings (SSSR count). The molecule has 1 amide bonds. The number of aromatic nitrogens is 2. The maximum Gasteiger partial charge on any atom is 0.253 e. The number of carbonyl (C=O) groups is 1. The highest BCUT2D eigenvalue weighted by Crippen LogP contribution is 2.22. The first-order valence-corrected chi connectivity index (χ1v) is 5.87. The van der Waals surface area contributed by atoms with Crippen LogP contribution in [0.15, 0.2) is 18.5 Å². The van der Waals surface area contributed by atoms with Gasteiger partial charge in [-0.3, -0.25) is 4.79 Å². The summed E-state index contributed by atoms with van der Waals surface area (Å²) in [5.74, 6) is 0.299. The molecule has 5 heteroatoms. The zero-order valence-electron chi connectivity index (χ0n) is 9.75. The molecule has 0 aromatic carbocycles. The van der Waals surface area contributed by atoms with Gasteiger partial charge in [0.1, 0.15) is 0 Å². The summed E-state index contributed by atoms with van der Waals surface area (Å²) in [7, 11) is 0. The molecule has 0 fully saturated rings. The number of H-pyrrole nitrogens is 1. The van der Waals surface area contributed by atoms with Crippen LogP contribution in [0.25, 0.3) is 10.9 Å². The number of pyridine rings is 1. The molecule has 2 heterocycles. The quantitative estimate of drug-likeness (QED) is 0.824. The van der Waals surface area contributed by atoms with E-state index < -0.39 is 0 Å². The van der Waals surface area contributed by atoms with Gasteiger partial charge in [-0.1, -0.05) is 25.4 Å². The van der Waals surface area contributed by atoms with Crippen molar-refractivity contribution in [1.82, 2.24) is 15.3 Å². The molecule has 0 aliphatic rings. The molecule has 0 spiro atoms. The Morgan fingerprint density at radius 3 is 3.06 bits per heavy atom. The van der Waals surface area contributed by atoms with E-state index in [1.54, 1.807) is 6.20 Å². The summed E-state index contributed by atoms with van der Waals surface area (Å²) in [6.07, 6.45) is 3.26. The van der Waals surface area contributed by atoms with E-state index in [0.29, 0.717) is 28.7 Å². The van der Waals surface area contributed by atoms with E-state index in [-0.39, 0.29) is 5.91 Å². The number of halogens is 1. The maximum atomic E-state index is 12.0. The standard InChI is InChI=1S/C12H14ClN3O/c1-7(2)5-16-12(17)9-6-15-11(13)10-8(9)3-4-14-10/h3-4,6-7,14H,5H2,1-2H3,(H,16,17). The first-order valence-electron chi connectivity index (χ1n) is 5.49. The van der Waals surface area contributed by atoms with Crippen LogP contribution < -0.4 is 5.32 Å². The van der Waals surface area contributed by atoms with Gasteiger partial charge in [0.05, 0.1) is 11.1 Å². The van der Waals surface area contributed by atoms with Gasteiger partial charge in [-0.2, -0.15) is 0 Å². The summed E-state index contributed by atoms with van der Waals surface area (Å²) in [5, 5.41) is 4.04. The van der Waals surface area contributed by atoms with Crippen LogP contribution in [0.2, 0.25) is 5.15 Å². The van der Waals surface area contributed by atoms with E-state index >= 15 is 0 Å². The molecular weight excluding hydrogens is 238 g/mol. The van der Waals surface area contributed by atoms with Gasteiger partial charge in [-0.15, -0.1) is 0 Å². The van der Waals surface area contributed by atoms with Gasteiger partial charge in [0.25, 0.3) is 5.91 Å². The molecule has 0 saturated heterocycles. The molecule has 0 bridgehead atoms. The lowest BCUT2D eigenvalue weighted by Gasteiger charge is -2.08. The monoisotopic (exact) mass is 251 g/mol. The van der Waals surface area contributed by atoms with Crippen molar-refractivity contribution in [3.8, 4) is 0 Å². The molecule has 0 unspecified atom stereocenters. The summed E-state index contributed by atoms with van der Waals surface area (Å²) >= 11 is 5.93. The molecule has 0 radical (unpaired) electrons. The second-order valence-electron chi connectivity index (χ2n) is 4.33. The fourth-order valence-electron chi connectivity index (χ4n) is 1.59. The summed E-state index contributed by atoms with van der Waals surface area (Å²) in [6, 6.07) is 1.83. The number of hydrogen-bond donors (Lipinski definition) is 2. The largest absolute Gasteiger partial charge is 0.359 e. The Kier molecular flexibility index (Phi) is 3.33. The molecule has 0 saturated carbocycles. The van der Waals surface area contributed by atoms with Crippen molar-refractivity contribution in [1.29, 1.82) is 0 Å². The molecule has 90 valence electrons. The third kappa shape index (κ3) is 2.42. The van der Waals surface area contributed by atoms with Crippen molar-refractivity contribution in [2.24, 2.45) is 5.92 Å². The lowest BCUT2D eigenvalue weighted by atomic mass is 10.1. The van der Waals surface area contributed by atoms with Crippen LogP contribution in [0.3, 0.4) is 0 Å². The van der Waals surface area contributed by atoms with Crippen LogP contribution in [0, 0.1) is 5.92 Å². The molecule has 17 heavy (non-hydrogen) atoms. The van der Waals surface area contributed by atoms with Gasteiger partial charge in [0.2, 0.25) is 0 Å². The highest BCUT2D eigenvalue weighted by Gasteiger charge is 2.13. The van der Waals surface area contributed by atoms with Crippen molar-refractivity contribution in [3.63, 3.8) is 0 Å². The van der Waals surface area contributed by atoms with Gasteiger partial charge in [-0.05, 0) is 12.0 Å².